The van der Waals surface area contributed by atoms with E-state index in [1.54, 1.807) is 17.0 Å². The Kier molecular flexibility index (Phi) is 7.28. The van der Waals surface area contributed by atoms with Crippen molar-refractivity contribution < 1.29 is 22.7 Å². The quantitative estimate of drug-likeness (QED) is 0.677. The lowest BCUT2D eigenvalue weighted by molar-refractivity contribution is -0.131. The Morgan fingerprint density at radius 3 is 2.61 bits per heavy atom. The summed E-state index contributed by atoms with van der Waals surface area (Å²) in [5.74, 6) is 0.585. The van der Waals surface area contributed by atoms with Crippen molar-refractivity contribution in [2.75, 3.05) is 53.0 Å². The van der Waals surface area contributed by atoms with Crippen LogP contribution in [0.25, 0.3) is 0 Å². The van der Waals surface area contributed by atoms with Gasteiger partial charge in [-0.05, 0) is 37.1 Å². The Labute approximate surface area is 166 Å². The minimum atomic E-state index is -3.73. The van der Waals surface area contributed by atoms with Crippen LogP contribution in [0.3, 0.4) is 0 Å². The van der Waals surface area contributed by atoms with Crippen molar-refractivity contribution in [2.24, 2.45) is 0 Å². The monoisotopic (exact) mass is 411 g/mol. The summed E-state index contributed by atoms with van der Waals surface area (Å²) in [7, 11) is -2.19. The summed E-state index contributed by atoms with van der Waals surface area (Å²) in [6, 6.07) is 6.33. The maximum Gasteiger partial charge on any atom is 0.243 e. The third kappa shape index (κ3) is 5.22. The fourth-order valence-electron chi connectivity index (χ4n) is 3.51. The van der Waals surface area contributed by atoms with Crippen molar-refractivity contribution in [3.63, 3.8) is 0 Å². The smallest absolute Gasteiger partial charge is 0.243 e. The summed E-state index contributed by atoms with van der Waals surface area (Å²) in [5, 5.41) is 3.21. The van der Waals surface area contributed by atoms with Gasteiger partial charge in [-0.3, -0.25) is 4.79 Å². The van der Waals surface area contributed by atoms with Gasteiger partial charge in [-0.15, -0.1) is 0 Å². The van der Waals surface area contributed by atoms with Gasteiger partial charge in [0.15, 0.2) is 0 Å². The van der Waals surface area contributed by atoms with E-state index in [1.807, 2.05) is 0 Å². The number of ether oxygens (including phenoxy) is 2. The van der Waals surface area contributed by atoms with Gasteiger partial charge in [-0.2, -0.15) is 4.31 Å². The number of piperazine rings is 1. The zero-order valence-corrected chi connectivity index (χ0v) is 17.1. The average Bonchev–Trinajstić information content (AvgIpc) is 3.24. The molecular weight excluding hydrogens is 382 g/mol. The van der Waals surface area contributed by atoms with E-state index in [2.05, 4.69) is 5.32 Å². The lowest BCUT2D eigenvalue weighted by Gasteiger charge is -2.29. The van der Waals surface area contributed by atoms with Crippen molar-refractivity contribution in [3.05, 3.63) is 24.3 Å². The molecule has 0 unspecified atom stereocenters. The first-order valence-electron chi connectivity index (χ1n) is 9.75. The molecule has 0 bridgehead atoms. The molecule has 2 saturated heterocycles. The van der Waals surface area contributed by atoms with Crippen molar-refractivity contribution in [2.45, 2.75) is 30.3 Å². The zero-order chi connectivity index (χ0) is 20.0. The molecule has 0 aromatic heterocycles. The number of methoxy groups -OCH3 is 1. The van der Waals surface area contributed by atoms with Crippen molar-refractivity contribution >= 4 is 15.9 Å². The van der Waals surface area contributed by atoms with Gasteiger partial charge in [-0.25, -0.2) is 8.42 Å². The minimum absolute atomic E-state index is 0.0104. The van der Waals surface area contributed by atoms with Crippen LogP contribution in [0.15, 0.2) is 29.2 Å². The number of hydrogen-bond donors (Lipinski definition) is 1. The van der Waals surface area contributed by atoms with Gasteiger partial charge in [0.2, 0.25) is 15.9 Å². The highest BCUT2D eigenvalue weighted by Crippen LogP contribution is 2.22. The number of benzene rings is 1. The molecule has 2 aliphatic rings. The van der Waals surface area contributed by atoms with E-state index in [0.717, 1.165) is 25.9 Å². The summed E-state index contributed by atoms with van der Waals surface area (Å²) >= 11 is 0. The van der Waals surface area contributed by atoms with Crippen molar-refractivity contribution in [1.82, 2.24) is 14.5 Å². The Hall–Kier alpha value is -1.68. The molecule has 1 aromatic carbocycles. The predicted octanol–water partition coefficient (Wildman–Crippen LogP) is 0.687. The lowest BCUT2D eigenvalue weighted by Crippen LogP contribution is -2.47. The van der Waals surface area contributed by atoms with Gasteiger partial charge in [0.05, 0.1) is 18.1 Å². The summed E-state index contributed by atoms with van der Waals surface area (Å²) in [6.45, 7) is 3.94. The predicted molar refractivity (Wildman–Crippen MR) is 105 cm³/mol. The Morgan fingerprint density at radius 1 is 1.29 bits per heavy atom. The molecule has 2 fully saturated rings. The van der Waals surface area contributed by atoms with Crippen molar-refractivity contribution in [1.29, 1.82) is 0 Å². The number of carbonyl (C=O) groups is 1. The van der Waals surface area contributed by atoms with Crippen LogP contribution >= 0.6 is 0 Å². The first-order chi connectivity index (χ1) is 13.5. The number of nitrogens with one attached hydrogen (secondary N) is 1. The Bertz CT molecular complexity index is 741. The highest BCUT2D eigenvalue weighted by atomic mass is 32.2. The molecule has 2 heterocycles. The molecule has 0 saturated carbocycles. The van der Waals surface area contributed by atoms with Crippen LogP contribution in [0, 0.1) is 0 Å². The van der Waals surface area contributed by atoms with Crippen LogP contribution in [-0.2, 0) is 19.6 Å². The standard InChI is InChI=1S/C19H29N3O5S/c1-26-16-4-6-18(7-5-16)28(24,25)22(15-17-3-2-14-27-17)11-8-19(23)21-12-9-20-10-13-21/h4-7,17,20H,2-3,8-15H2,1H3/t17-/m1/s1. The van der Waals surface area contributed by atoms with Gasteiger partial charge in [-0.1, -0.05) is 0 Å². The van der Waals surface area contributed by atoms with E-state index in [9.17, 15) is 13.2 Å². The maximum atomic E-state index is 13.2. The molecule has 28 heavy (non-hydrogen) atoms. The fourth-order valence-corrected chi connectivity index (χ4v) is 4.99. The highest BCUT2D eigenvalue weighted by Gasteiger charge is 2.30. The molecule has 1 amide bonds. The molecule has 0 radical (unpaired) electrons. The Balaban J connectivity index is 1.71. The number of nitrogens with zero attached hydrogens (tertiary/aromatic N) is 2. The molecule has 3 rings (SSSR count). The summed E-state index contributed by atoms with van der Waals surface area (Å²) in [6.07, 6.45) is 1.81. The highest BCUT2D eigenvalue weighted by molar-refractivity contribution is 7.89. The van der Waals surface area contributed by atoms with Crippen LogP contribution in [0.5, 0.6) is 5.75 Å². The average molecular weight is 412 g/mol. The summed E-state index contributed by atoms with van der Waals surface area (Å²) in [4.78, 5) is 14.5. The molecule has 0 aliphatic carbocycles. The normalized spacial score (nSPS) is 20.5. The minimum Gasteiger partial charge on any atom is -0.497 e. The van der Waals surface area contributed by atoms with E-state index >= 15 is 0 Å². The molecule has 2 aliphatic heterocycles. The van der Waals surface area contributed by atoms with Gasteiger partial charge < -0.3 is 19.7 Å². The molecule has 9 heteroatoms. The van der Waals surface area contributed by atoms with Crippen LogP contribution in [-0.4, -0.2) is 82.6 Å². The van der Waals surface area contributed by atoms with E-state index in [4.69, 9.17) is 9.47 Å². The SMILES string of the molecule is COc1ccc(S(=O)(=O)N(CCC(=O)N2CCNCC2)C[C@H]2CCCO2)cc1. The number of sulfonamides is 1. The summed E-state index contributed by atoms with van der Waals surface area (Å²) < 4.78 is 38.6. The topological polar surface area (TPSA) is 88.2 Å². The molecule has 1 aromatic rings. The van der Waals surface area contributed by atoms with Crippen LogP contribution in [0.4, 0.5) is 0 Å². The van der Waals surface area contributed by atoms with E-state index in [-0.39, 0.29) is 36.4 Å². The maximum absolute atomic E-state index is 13.2. The van der Waals surface area contributed by atoms with Crippen LogP contribution < -0.4 is 10.1 Å². The Morgan fingerprint density at radius 2 is 2.00 bits per heavy atom. The van der Waals surface area contributed by atoms with Crippen molar-refractivity contribution in [3.8, 4) is 5.75 Å². The zero-order valence-electron chi connectivity index (χ0n) is 16.3. The third-order valence-corrected chi connectivity index (χ3v) is 7.05. The van der Waals surface area contributed by atoms with Gasteiger partial charge in [0.25, 0.3) is 0 Å². The van der Waals surface area contributed by atoms with E-state index < -0.39 is 10.0 Å². The lowest BCUT2D eigenvalue weighted by atomic mass is 10.2. The van der Waals surface area contributed by atoms with Crippen LogP contribution in [0.1, 0.15) is 19.3 Å². The number of rotatable bonds is 8. The second kappa shape index (κ2) is 9.69. The van der Waals surface area contributed by atoms with E-state index in [1.165, 1.54) is 23.5 Å². The molecule has 1 atom stereocenters. The van der Waals surface area contributed by atoms with Gasteiger partial charge in [0.1, 0.15) is 5.75 Å². The summed E-state index contributed by atoms with van der Waals surface area (Å²) in [5.41, 5.74) is 0. The molecular formula is C19H29N3O5S. The first-order valence-corrected chi connectivity index (χ1v) is 11.2. The second-order valence-electron chi connectivity index (χ2n) is 7.05. The molecule has 156 valence electrons. The third-order valence-electron chi connectivity index (χ3n) is 5.17. The second-order valence-corrected chi connectivity index (χ2v) is 8.99. The largest absolute Gasteiger partial charge is 0.497 e. The van der Waals surface area contributed by atoms with Gasteiger partial charge in [0, 0.05) is 52.3 Å². The molecule has 0 spiro atoms. The molecule has 8 nitrogen and oxygen atoms in total. The number of carbonyl (C=O) groups excluding carboxylic acids is 1. The fraction of sp³-hybridized carbons (Fsp3) is 0.632. The van der Waals surface area contributed by atoms with Crippen LogP contribution in [0.2, 0.25) is 0 Å². The van der Waals surface area contributed by atoms with E-state index in [0.29, 0.717) is 25.4 Å². The van der Waals surface area contributed by atoms with Gasteiger partial charge >= 0.3 is 0 Å². The molecule has 1 N–H and O–H groups in total. The first kappa shape index (κ1) is 21.0. The number of amides is 1. The number of hydrogen-bond acceptors (Lipinski definition) is 6.